The Labute approximate surface area is 113 Å². The SMILES string of the molecule is CCC1(CC)CN=C(NCc2cccnc2)SC1. The highest BCUT2D eigenvalue weighted by Crippen LogP contribution is 2.34. The largest absolute Gasteiger partial charge is 0.361 e. The molecule has 1 aliphatic rings. The van der Waals surface area contributed by atoms with Crippen LogP contribution in [0.1, 0.15) is 32.3 Å². The second kappa shape index (κ2) is 6.23. The summed E-state index contributed by atoms with van der Waals surface area (Å²) in [5.74, 6) is 1.18. The van der Waals surface area contributed by atoms with Crippen LogP contribution in [0.5, 0.6) is 0 Å². The number of nitrogens with zero attached hydrogens (tertiary/aromatic N) is 2. The lowest BCUT2D eigenvalue weighted by Gasteiger charge is -2.33. The maximum Gasteiger partial charge on any atom is 0.156 e. The van der Waals surface area contributed by atoms with Crippen molar-refractivity contribution in [2.24, 2.45) is 10.4 Å². The van der Waals surface area contributed by atoms with Crippen molar-refractivity contribution < 1.29 is 0 Å². The average Bonchev–Trinajstić information content (AvgIpc) is 2.47. The van der Waals surface area contributed by atoms with Gasteiger partial charge >= 0.3 is 0 Å². The Morgan fingerprint density at radius 1 is 1.39 bits per heavy atom. The zero-order valence-corrected chi connectivity index (χ0v) is 12.0. The van der Waals surface area contributed by atoms with Crippen LogP contribution < -0.4 is 5.32 Å². The van der Waals surface area contributed by atoms with Crippen molar-refractivity contribution in [3.8, 4) is 0 Å². The van der Waals surface area contributed by atoms with Crippen molar-refractivity contribution in [3.63, 3.8) is 0 Å². The predicted octanol–water partition coefficient (Wildman–Crippen LogP) is 3.08. The third-order valence-corrected chi connectivity index (χ3v) is 5.04. The fourth-order valence-corrected chi connectivity index (χ4v) is 3.29. The van der Waals surface area contributed by atoms with Gasteiger partial charge in [-0.05, 0) is 29.9 Å². The molecule has 1 aliphatic heterocycles. The van der Waals surface area contributed by atoms with E-state index < -0.39 is 0 Å². The lowest BCUT2D eigenvalue weighted by molar-refractivity contribution is 0.318. The van der Waals surface area contributed by atoms with Gasteiger partial charge in [-0.1, -0.05) is 31.7 Å². The van der Waals surface area contributed by atoms with E-state index in [1.807, 2.05) is 24.0 Å². The Morgan fingerprint density at radius 3 is 2.78 bits per heavy atom. The number of aromatic nitrogens is 1. The smallest absolute Gasteiger partial charge is 0.156 e. The molecular weight excluding hydrogens is 242 g/mol. The lowest BCUT2D eigenvalue weighted by atomic mass is 9.84. The van der Waals surface area contributed by atoms with Crippen LogP contribution in [0.4, 0.5) is 0 Å². The second-order valence-electron chi connectivity index (χ2n) is 4.83. The van der Waals surface area contributed by atoms with Gasteiger partial charge in [-0.3, -0.25) is 9.98 Å². The molecule has 0 fully saturated rings. The Kier molecular flexibility index (Phi) is 4.64. The Hall–Kier alpha value is -1.03. The van der Waals surface area contributed by atoms with Crippen LogP contribution in [0.3, 0.4) is 0 Å². The van der Waals surface area contributed by atoms with E-state index in [0.29, 0.717) is 5.41 Å². The Morgan fingerprint density at radius 2 is 2.22 bits per heavy atom. The zero-order valence-electron chi connectivity index (χ0n) is 11.1. The summed E-state index contributed by atoms with van der Waals surface area (Å²) < 4.78 is 0. The summed E-state index contributed by atoms with van der Waals surface area (Å²) >= 11 is 1.86. The van der Waals surface area contributed by atoms with Gasteiger partial charge in [-0.25, -0.2) is 0 Å². The molecule has 0 saturated carbocycles. The van der Waals surface area contributed by atoms with Crippen LogP contribution >= 0.6 is 11.8 Å². The Balaban J connectivity index is 1.87. The normalized spacial score (nSPS) is 18.2. The third-order valence-electron chi connectivity index (χ3n) is 3.74. The van der Waals surface area contributed by atoms with E-state index in [9.17, 15) is 0 Å². The number of nitrogens with one attached hydrogen (secondary N) is 1. The summed E-state index contributed by atoms with van der Waals surface area (Å²) in [6, 6.07) is 4.04. The molecule has 0 bridgehead atoms. The minimum atomic E-state index is 0.421. The van der Waals surface area contributed by atoms with Gasteiger partial charge in [0.2, 0.25) is 0 Å². The van der Waals surface area contributed by atoms with Gasteiger partial charge in [0.1, 0.15) is 0 Å². The van der Waals surface area contributed by atoms with Crippen LogP contribution in [-0.4, -0.2) is 22.4 Å². The van der Waals surface area contributed by atoms with Crippen LogP contribution in [-0.2, 0) is 6.54 Å². The predicted molar refractivity (Wildman–Crippen MR) is 78.9 cm³/mol. The zero-order chi connectivity index (χ0) is 12.8. The first-order valence-electron chi connectivity index (χ1n) is 6.58. The molecule has 0 radical (unpaired) electrons. The monoisotopic (exact) mass is 263 g/mol. The summed E-state index contributed by atoms with van der Waals surface area (Å²) in [5, 5.41) is 4.48. The summed E-state index contributed by atoms with van der Waals surface area (Å²) in [6.45, 7) is 6.31. The summed E-state index contributed by atoms with van der Waals surface area (Å²) in [6.07, 6.45) is 6.13. The average molecular weight is 263 g/mol. The van der Waals surface area contributed by atoms with Crippen molar-refractivity contribution in [3.05, 3.63) is 30.1 Å². The fourth-order valence-electron chi connectivity index (χ4n) is 2.02. The van der Waals surface area contributed by atoms with Crippen LogP contribution in [0.25, 0.3) is 0 Å². The summed E-state index contributed by atoms with van der Waals surface area (Å²) in [5.41, 5.74) is 1.62. The molecule has 2 heterocycles. The van der Waals surface area contributed by atoms with Crippen molar-refractivity contribution in [1.29, 1.82) is 0 Å². The van der Waals surface area contributed by atoms with Crippen molar-refractivity contribution >= 4 is 16.9 Å². The molecule has 98 valence electrons. The highest BCUT2D eigenvalue weighted by Gasteiger charge is 2.29. The van der Waals surface area contributed by atoms with Gasteiger partial charge < -0.3 is 5.32 Å². The van der Waals surface area contributed by atoms with E-state index in [2.05, 4.69) is 35.2 Å². The van der Waals surface area contributed by atoms with Gasteiger partial charge in [0, 0.05) is 31.2 Å². The van der Waals surface area contributed by atoms with Crippen molar-refractivity contribution in [2.75, 3.05) is 12.3 Å². The molecule has 0 spiro atoms. The first-order valence-corrected chi connectivity index (χ1v) is 7.56. The molecular formula is C14H21N3S. The molecule has 0 saturated heterocycles. The van der Waals surface area contributed by atoms with Crippen LogP contribution in [0.15, 0.2) is 29.5 Å². The van der Waals surface area contributed by atoms with Crippen molar-refractivity contribution in [2.45, 2.75) is 33.2 Å². The number of hydrogen-bond acceptors (Lipinski definition) is 4. The number of hydrogen-bond donors (Lipinski definition) is 1. The van der Waals surface area contributed by atoms with E-state index in [1.165, 1.54) is 24.2 Å². The first kappa shape index (κ1) is 13.4. The maximum absolute atomic E-state index is 4.69. The van der Waals surface area contributed by atoms with Gasteiger partial charge in [-0.2, -0.15) is 0 Å². The topological polar surface area (TPSA) is 37.3 Å². The minimum Gasteiger partial charge on any atom is -0.361 e. The molecule has 1 aromatic rings. The van der Waals surface area contributed by atoms with E-state index in [-0.39, 0.29) is 0 Å². The van der Waals surface area contributed by atoms with Gasteiger partial charge in [0.25, 0.3) is 0 Å². The highest BCUT2D eigenvalue weighted by atomic mass is 32.2. The Bertz CT molecular complexity index is 399. The third kappa shape index (κ3) is 3.25. The van der Waals surface area contributed by atoms with E-state index in [1.54, 1.807) is 6.20 Å². The molecule has 0 atom stereocenters. The fraction of sp³-hybridized carbons (Fsp3) is 0.571. The second-order valence-corrected chi connectivity index (χ2v) is 5.80. The molecule has 2 rings (SSSR count). The number of thioether (sulfide) groups is 1. The molecule has 1 aromatic heterocycles. The number of aliphatic imine (C=N–C) groups is 1. The first-order chi connectivity index (χ1) is 8.78. The van der Waals surface area contributed by atoms with E-state index >= 15 is 0 Å². The molecule has 4 heteroatoms. The number of rotatable bonds is 4. The number of pyridine rings is 1. The molecule has 0 unspecified atom stereocenters. The quantitative estimate of drug-likeness (QED) is 0.907. The van der Waals surface area contributed by atoms with E-state index in [4.69, 9.17) is 0 Å². The van der Waals surface area contributed by atoms with E-state index in [0.717, 1.165) is 18.3 Å². The van der Waals surface area contributed by atoms with Gasteiger partial charge in [-0.15, -0.1) is 0 Å². The lowest BCUT2D eigenvalue weighted by Crippen LogP contribution is -2.34. The van der Waals surface area contributed by atoms with Gasteiger partial charge in [0.05, 0.1) is 0 Å². The molecule has 1 N–H and O–H groups in total. The molecule has 0 amide bonds. The summed E-state index contributed by atoms with van der Waals surface area (Å²) in [7, 11) is 0. The molecule has 0 aromatic carbocycles. The maximum atomic E-state index is 4.69. The summed E-state index contributed by atoms with van der Waals surface area (Å²) in [4.78, 5) is 8.80. The highest BCUT2D eigenvalue weighted by molar-refractivity contribution is 8.13. The van der Waals surface area contributed by atoms with Crippen LogP contribution in [0.2, 0.25) is 0 Å². The molecule has 0 aliphatic carbocycles. The standard InChI is InChI=1S/C14H21N3S/c1-3-14(4-2)10-17-13(18-11-14)16-9-12-6-5-7-15-8-12/h5-8H,3-4,9-11H2,1-2H3,(H,16,17). The molecule has 18 heavy (non-hydrogen) atoms. The van der Waals surface area contributed by atoms with Gasteiger partial charge in [0.15, 0.2) is 5.17 Å². The molecule has 3 nitrogen and oxygen atoms in total. The number of amidine groups is 1. The minimum absolute atomic E-state index is 0.421. The van der Waals surface area contributed by atoms with Crippen molar-refractivity contribution in [1.82, 2.24) is 10.3 Å². The van der Waals surface area contributed by atoms with Crippen LogP contribution in [0, 0.1) is 5.41 Å².